The normalized spacial score (nSPS) is 10.8. The van der Waals surface area contributed by atoms with Crippen LogP contribution in [-0.2, 0) is 10.5 Å². The van der Waals surface area contributed by atoms with Crippen LogP contribution in [0.3, 0.4) is 0 Å². The smallest absolute Gasteiger partial charge is 0.336 e. The van der Waals surface area contributed by atoms with Crippen LogP contribution in [0.25, 0.3) is 11.0 Å². The topological polar surface area (TPSA) is 59.3 Å². The van der Waals surface area contributed by atoms with Crippen molar-refractivity contribution in [2.75, 3.05) is 5.32 Å². The summed E-state index contributed by atoms with van der Waals surface area (Å²) in [5.74, 6) is 0.339. The lowest BCUT2D eigenvalue weighted by Gasteiger charge is -2.08. The summed E-state index contributed by atoms with van der Waals surface area (Å²) in [5.41, 5.74) is 1.37. The molecule has 0 saturated carbocycles. The van der Waals surface area contributed by atoms with Gasteiger partial charge in [-0.15, -0.1) is 11.8 Å². The molecule has 128 valence electrons. The Morgan fingerprint density at radius 1 is 1.16 bits per heavy atom. The van der Waals surface area contributed by atoms with Crippen LogP contribution >= 0.6 is 35.0 Å². The van der Waals surface area contributed by atoms with E-state index in [0.29, 0.717) is 27.1 Å². The molecule has 0 atom stereocenters. The molecule has 3 rings (SSSR count). The maximum atomic E-state index is 11.9. The number of fused-ring (bicyclic) bond motifs is 1. The van der Waals surface area contributed by atoms with Crippen LogP contribution in [0.2, 0.25) is 10.0 Å². The van der Waals surface area contributed by atoms with Gasteiger partial charge in [0, 0.05) is 45.8 Å². The van der Waals surface area contributed by atoms with E-state index < -0.39 is 5.63 Å². The van der Waals surface area contributed by atoms with Crippen LogP contribution in [0.5, 0.6) is 0 Å². The molecule has 0 aliphatic rings. The molecule has 1 amide bonds. The predicted octanol–water partition coefficient (Wildman–Crippen LogP) is 5.35. The molecule has 3 aromatic rings. The molecular weight excluding hydrogens is 381 g/mol. The fourth-order valence-corrected chi connectivity index (χ4v) is 3.86. The Balaban J connectivity index is 1.94. The molecule has 0 spiro atoms. The van der Waals surface area contributed by atoms with Gasteiger partial charge >= 0.3 is 5.63 Å². The van der Waals surface area contributed by atoms with Crippen LogP contribution in [0, 0.1) is 0 Å². The highest BCUT2D eigenvalue weighted by atomic mass is 35.5. The van der Waals surface area contributed by atoms with Gasteiger partial charge in [0.15, 0.2) is 0 Å². The van der Waals surface area contributed by atoms with E-state index in [9.17, 15) is 9.59 Å². The van der Waals surface area contributed by atoms with E-state index in [-0.39, 0.29) is 5.91 Å². The minimum Gasteiger partial charge on any atom is -0.423 e. The number of hydrogen-bond acceptors (Lipinski definition) is 4. The highest BCUT2D eigenvalue weighted by Gasteiger charge is 2.09. The summed E-state index contributed by atoms with van der Waals surface area (Å²) in [4.78, 5) is 23.9. The zero-order valence-corrected chi connectivity index (χ0v) is 15.5. The number of nitrogens with one attached hydrogen (secondary N) is 1. The fraction of sp³-hybridized carbons (Fsp3) is 0.111. The monoisotopic (exact) mass is 393 g/mol. The predicted molar refractivity (Wildman–Crippen MR) is 103 cm³/mol. The van der Waals surface area contributed by atoms with Gasteiger partial charge in [-0.05, 0) is 35.9 Å². The van der Waals surface area contributed by atoms with Crippen molar-refractivity contribution in [1.82, 2.24) is 0 Å². The molecule has 1 N–H and O–H groups in total. The Morgan fingerprint density at radius 3 is 2.72 bits per heavy atom. The summed E-state index contributed by atoms with van der Waals surface area (Å²) in [6, 6.07) is 11.9. The highest BCUT2D eigenvalue weighted by Crippen LogP contribution is 2.33. The fourth-order valence-electron chi connectivity index (χ4n) is 2.37. The Bertz CT molecular complexity index is 1020. The van der Waals surface area contributed by atoms with Gasteiger partial charge < -0.3 is 9.73 Å². The number of rotatable bonds is 4. The van der Waals surface area contributed by atoms with Crippen LogP contribution in [0.4, 0.5) is 5.69 Å². The van der Waals surface area contributed by atoms with Crippen molar-refractivity contribution < 1.29 is 9.21 Å². The van der Waals surface area contributed by atoms with Gasteiger partial charge in [-0.3, -0.25) is 4.79 Å². The summed E-state index contributed by atoms with van der Waals surface area (Å²) in [7, 11) is 0. The molecule has 0 aliphatic carbocycles. The van der Waals surface area contributed by atoms with Gasteiger partial charge in [0.05, 0.1) is 5.02 Å². The molecule has 1 heterocycles. The number of halogens is 2. The van der Waals surface area contributed by atoms with Gasteiger partial charge in [0.1, 0.15) is 5.58 Å². The number of thioether (sulfide) groups is 1. The van der Waals surface area contributed by atoms with Crippen molar-refractivity contribution in [3.8, 4) is 0 Å². The van der Waals surface area contributed by atoms with Crippen LogP contribution in [0.1, 0.15) is 12.5 Å². The maximum absolute atomic E-state index is 11.9. The van der Waals surface area contributed by atoms with Crippen molar-refractivity contribution in [3.63, 3.8) is 0 Å². The summed E-state index contributed by atoms with van der Waals surface area (Å²) in [6.45, 7) is 1.42. The third-order valence-electron chi connectivity index (χ3n) is 3.43. The summed E-state index contributed by atoms with van der Waals surface area (Å²) >= 11 is 13.7. The average molecular weight is 394 g/mol. The number of anilines is 1. The molecule has 25 heavy (non-hydrogen) atoms. The lowest BCUT2D eigenvalue weighted by atomic mass is 10.1. The number of benzene rings is 2. The van der Waals surface area contributed by atoms with E-state index >= 15 is 0 Å². The Labute approximate surface area is 158 Å². The van der Waals surface area contributed by atoms with Crippen LogP contribution < -0.4 is 10.9 Å². The van der Waals surface area contributed by atoms with Crippen molar-refractivity contribution in [2.45, 2.75) is 17.6 Å². The zero-order valence-electron chi connectivity index (χ0n) is 13.1. The molecule has 1 aromatic heterocycles. The molecule has 0 saturated heterocycles. The molecule has 4 nitrogen and oxygen atoms in total. The molecule has 0 radical (unpaired) electrons. The largest absolute Gasteiger partial charge is 0.423 e. The van der Waals surface area contributed by atoms with Crippen molar-refractivity contribution >= 4 is 57.5 Å². The minimum absolute atomic E-state index is 0.191. The summed E-state index contributed by atoms with van der Waals surface area (Å²) in [6.07, 6.45) is 0. The lowest BCUT2D eigenvalue weighted by Crippen LogP contribution is -2.06. The molecule has 0 unspecified atom stereocenters. The first-order valence-corrected chi connectivity index (χ1v) is 9.09. The molecule has 0 aliphatic heterocycles. The Morgan fingerprint density at radius 2 is 1.96 bits per heavy atom. The first-order valence-electron chi connectivity index (χ1n) is 7.34. The van der Waals surface area contributed by atoms with E-state index in [2.05, 4.69) is 5.32 Å². The molecule has 0 bridgehead atoms. The number of hydrogen-bond donors (Lipinski definition) is 1. The van der Waals surface area contributed by atoms with Gasteiger partial charge in [0.2, 0.25) is 5.91 Å². The average Bonchev–Trinajstić information content (AvgIpc) is 2.54. The SMILES string of the molecule is CC(=O)Nc1ccc2c(CSc3cc(Cl)ccc3Cl)cc(=O)oc2c1. The van der Waals surface area contributed by atoms with Crippen molar-refractivity contribution in [1.29, 1.82) is 0 Å². The minimum atomic E-state index is -0.444. The summed E-state index contributed by atoms with van der Waals surface area (Å²) in [5, 5.41) is 4.68. The van der Waals surface area contributed by atoms with E-state index in [1.54, 1.807) is 30.3 Å². The Hall–Kier alpha value is -1.95. The van der Waals surface area contributed by atoms with Crippen molar-refractivity contribution in [3.05, 3.63) is 68.5 Å². The summed E-state index contributed by atoms with van der Waals surface area (Å²) < 4.78 is 5.26. The van der Waals surface area contributed by atoms with E-state index in [1.807, 2.05) is 6.07 Å². The van der Waals surface area contributed by atoms with Gasteiger partial charge in [-0.1, -0.05) is 23.2 Å². The van der Waals surface area contributed by atoms with Gasteiger partial charge in [0.25, 0.3) is 0 Å². The molecular formula is C18H13Cl2NO3S. The lowest BCUT2D eigenvalue weighted by molar-refractivity contribution is -0.114. The Kier molecular flexibility index (Phi) is 5.37. The first-order chi connectivity index (χ1) is 11.9. The number of carbonyl (C=O) groups excluding carboxylic acids is 1. The quantitative estimate of drug-likeness (QED) is 0.479. The van der Waals surface area contributed by atoms with E-state index in [4.69, 9.17) is 27.6 Å². The number of carbonyl (C=O) groups is 1. The van der Waals surface area contributed by atoms with Crippen LogP contribution in [0.15, 0.2) is 56.6 Å². The standard InChI is InChI=1S/C18H13Cl2NO3S/c1-10(22)21-13-3-4-14-11(6-18(23)24-16(14)8-13)9-25-17-7-12(19)2-5-15(17)20/h2-8H,9H2,1H3,(H,21,22). The van der Waals surface area contributed by atoms with Gasteiger partial charge in [-0.2, -0.15) is 0 Å². The third kappa shape index (κ3) is 4.37. The van der Waals surface area contributed by atoms with E-state index in [1.165, 1.54) is 24.8 Å². The number of amides is 1. The highest BCUT2D eigenvalue weighted by molar-refractivity contribution is 7.98. The zero-order chi connectivity index (χ0) is 18.0. The molecule has 2 aromatic carbocycles. The third-order valence-corrected chi connectivity index (χ3v) is 5.21. The molecule has 0 fully saturated rings. The molecule has 7 heteroatoms. The van der Waals surface area contributed by atoms with Crippen molar-refractivity contribution in [2.24, 2.45) is 0 Å². The second-order valence-corrected chi connectivity index (χ2v) is 7.21. The first kappa shape index (κ1) is 17.9. The maximum Gasteiger partial charge on any atom is 0.336 e. The second kappa shape index (κ2) is 7.52. The van der Waals surface area contributed by atoms with Gasteiger partial charge in [-0.25, -0.2) is 4.79 Å². The van der Waals surface area contributed by atoms with E-state index in [0.717, 1.165) is 15.8 Å². The van der Waals surface area contributed by atoms with Crippen LogP contribution in [-0.4, -0.2) is 5.91 Å². The second-order valence-electron chi connectivity index (χ2n) is 5.35.